The van der Waals surface area contributed by atoms with Gasteiger partial charge in [-0.05, 0) is 53.3 Å². The fourth-order valence-corrected chi connectivity index (χ4v) is 6.51. The molecular weight excluding hydrogens is 492 g/mol. The molecule has 164 valence electrons. The number of hydrogen-bond acceptors (Lipinski definition) is 4. The normalized spacial score (nSPS) is 25.3. The molecule has 3 aromatic carbocycles. The first kappa shape index (κ1) is 21.0. The van der Waals surface area contributed by atoms with Crippen LogP contribution in [0, 0.1) is 0 Å². The molecule has 3 nitrogen and oxygen atoms in total. The van der Waals surface area contributed by atoms with E-state index in [2.05, 4.69) is 75.4 Å². The third-order valence-corrected chi connectivity index (χ3v) is 8.26. The lowest BCUT2D eigenvalue weighted by molar-refractivity contribution is -0.0637. The molecular formula is C28H23BrN2OS. The molecule has 2 aliphatic heterocycles. The van der Waals surface area contributed by atoms with E-state index in [1.54, 1.807) is 11.8 Å². The number of fused-ring (bicyclic) bond motifs is 1. The van der Waals surface area contributed by atoms with Crippen LogP contribution in [0.4, 0.5) is 0 Å². The van der Waals surface area contributed by atoms with E-state index in [1.165, 1.54) is 22.3 Å². The number of rotatable bonds is 3. The molecule has 0 saturated carbocycles. The van der Waals surface area contributed by atoms with Gasteiger partial charge in [0.15, 0.2) is 10.9 Å². The summed E-state index contributed by atoms with van der Waals surface area (Å²) in [7, 11) is 0. The summed E-state index contributed by atoms with van der Waals surface area (Å²) in [6.07, 6.45) is 4.18. The number of amidine groups is 1. The van der Waals surface area contributed by atoms with Crippen molar-refractivity contribution in [2.45, 2.75) is 24.6 Å². The highest BCUT2D eigenvalue weighted by atomic mass is 79.9. The van der Waals surface area contributed by atoms with E-state index in [0.717, 1.165) is 33.7 Å². The van der Waals surface area contributed by atoms with Gasteiger partial charge < -0.3 is 10.0 Å². The molecule has 3 aliphatic rings. The van der Waals surface area contributed by atoms with Crippen molar-refractivity contribution in [1.29, 1.82) is 0 Å². The molecule has 0 aromatic heterocycles. The highest BCUT2D eigenvalue weighted by molar-refractivity contribution is 9.10. The van der Waals surface area contributed by atoms with Gasteiger partial charge in [0.1, 0.15) is 0 Å². The van der Waals surface area contributed by atoms with Crippen LogP contribution in [-0.4, -0.2) is 20.9 Å². The maximum atomic E-state index is 12.1. The third kappa shape index (κ3) is 3.59. The summed E-state index contributed by atoms with van der Waals surface area (Å²) < 4.78 is 1.00. The number of aliphatic imine (C=N–C) groups is 1. The SMILES string of the molecule is OC1(c2ccc(Br)cc2)CSC2=NC3=C(CC/C3=C\c3ccccc3)C(c3ccccc3)N21. The molecule has 0 amide bonds. The van der Waals surface area contributed by atoms with Crippen molar-refractivity contribution in [3.63, 3.8) is 0 Å². The molecule has 1 aliphatic carbocycles. The Morgan fingerprint density at radius 3 is 2.36 bits per heavy atom. The Kier molecular flexibility index (Phi) is 5.28. The molecule has 2 heterocycles. The minimum atomic E-state index is -1.12. The van der Waals surface area contributed by atoms with Crippen molar-refractivity contribution in [1.82, 2.24) is 4.90 Å². The van der Waals surface area contributed by atoms with E-state index in [-0.39, 0.29) is 6.04 Å². The van der Waals surface area contributed by atoms with Gasteiger partial charge in [0.2, 0.25) is 0 Å². The van der Waals surface area contributed by atoms with Crippen molar-refractivity contribution in [3.05, 3.63) is 123 Å². The highest BCUT2D eigenvalue weighted by Gasteiger charge is 2.52. The first-order valence-corrected chi connectivity index (χ1v) is 12.9. The standard InChI is InChI=1S/C28H23BrN2OS/c29-23-14-12-22(13-15-23)28(32)18-33-27-30-25-21(17-19-7-3-1-4-8-19)11-16-24(25)26(31(27)28)20-9-5-2-6-10-20/h1-10,12-15,17,26,32H,11,16,18H2/b21-17+. The fourth-order valence-electron chi connectivity index (χ4n) is 5.06. The van der Waals surface area contributed by atoms with Crippen LogP contribution in [0.2, 0.25) is 0 Å². The Labute approximate surface area is 206 Å². The van der Waals surface area contributed by atoms with Gasteiger partial charge in [-0.2, -0.15) is 0 Å². The average molecular weight is 515 g/mol. The fraction of sp³-hybridized carbons (Fsp3) is 0.179. The van der Waals surface area contributed by atoms with Crippen molar-refractivity contribution < 1.29 is 5.11 Å². The Hall–Kier alpha value is -2.60. The molecule has 2 unspecified atom stereocenters. The van der Waals surface area contributed by atoms with Crippen molar-refractivity contribution in [2.75, 3.05) is 5.75 Å². The number of benzene rings is 3. The zero-order valence-corrected chi connectivity index (χ0v) is 20.4. The number of thioether (sulfide) groups is 1. The van der Waals surface area contributed by atoms with Crippen LogP contribution in [0.3, 0.4) is 0 Å². The van der Waals surface area contributed by atoms with Gasteiger partial charge in [0, 0.05) is 10.0 Å². The second-order valence-electron chi connectivity index (χ2n) is 8.64. The molecule has 1 N–H and O–H groups in total. The summed E-state index contributed by atoms with van der Waals surface area (Å²) in [6.45, 7) is 0. The Bertz CT molecular complexity index is 1280. The Balaban J connectivity index is 1.49. The molecule has 0 bridgehead atoms. The van der Waals surface area contributed by atoms with Crippen LogP contribution < -0.4 is 0 Å². The van der Waals surface area contributed by atoms with Crippen LogP contribution >= 0.6 is 27.7 Å². The third-order valence-electron chi connectivity index (χ3n) is 6.64. The monoisotopic (exact) mass is 514 g/mol. The molecule has 5 heteroatoms. The molecule has 1 fully saturated rings. The Morgan fingerprint density at radius 2 is 1.64 bits per heavy atom. The Morgan fingerprint density at radius 1 is 0.939 bits per heavy atom. The average Bonchev–Trinajstić information content (AvgIpc) is 3.41. The first-order valence-electron chi connectivity index (χ1n) is 11.2. The van der Waals surface area contributed by atoms with E-state index in [4.69, 9.17) is 4.99 Å². The van der Waals surface area contributed by atoms with Crippen LogP contribution in [0.5, 0.6) is 0 Å². The van der Waals surface area contributed by atoms with Gasteiger partial charge in [-0.15, -0.1) is 0 Å². The van der Waals surface area contributed by atoms with E-state index in [0.29, 0.717) is 5.75 Å². The molecule has 3 aromatic rings. The van der Waals surface area contributed by atoms with Gasteiger partial charge in [0.05, 0.1) is 17.5 Å². The van der Waals surface area contributed by atoms with Gasteiger partial charge in [-0.25, -0.2) is 4.99 Å². The molecule has 2 atom stereocenters. The molecule has 1 saturated heterocycles. The van der Waals surface area contributed by atoms with Crippen LogP contribution in [0.25, 0.3) is 6.08 Å². The summed E-state index contributed by atoms with van der Waals surface area (Å²) >= 11 is 5.16. The minimum Gasteiger partial charge on any atom is -0.366 e. The largest absolute Gasteiger partial charge is 0.366 e. The molecule has 0 radical (unpaired) electrons. The van der Waals surface area contributed by atoms with E-state index < -0.39 is 5.72 Å². The van der Waals surface area contributed by atoms with Gasteiger partial charge >= 0.3 is 0 Å². The maximum Gasteiger partial charge on any atom is 0.176 e. The highest BCUT2D eigenvalue weighted by Crippen LogP contribution is 2.54. The lowest BCUT2D eigenvalue weighted by Gasteiger charge is -2.43. The summed E-state index contributed by atoms with van der Waals surface area (Å²) in [6, 6.07) is 29.0. The summed E-state index contributed by atoms with van der Waals surface area (Å²) in [5.41, 5.74) is 5.85. The van der Waals surface area contributed by atoms with Crippen LogP contribution in [0.1, 0.15) is 35.6 Å². The number of nitrogens with zero attached hydrogens (tertiary/aromatic N) is 2. The predicted molar refractivity (Wildman–Crippen MR) is 140 cm³/mol. The number of allylic oxidation sites excluding steroid dienone is 1. The topological polar surface area (TPSA) is 35.8 Å². The predicted octanol–water partition coefficient (Wildman–Crippen LogP) is 6.89. The van der Waals surface area contributed by atoms with Crippen LogP contribution in [0.15, 0.2) is 111 Å². The zero-order valence-electron chi connectivity index (χ0n) is 18.0. The van der Waals surface area contributed by atoms with E-state index in [1.807, 2.05) is 36.4 Å². The van der Waals surface area contributed by atoms with Crippen molar-refractivity contribution in [3.8, 4) is 0 Å². The smallest absolute Gasteiger partial charge is 0.176 e. The van der Waals surface area contributed by atoms with Gasteiger partial charge in [-0.1, -0.05) is 100 Å². The lowest BCUT2D eigenvalue weighted by Crippen LogP contribution is -2.48. The van der Waals surface area contributed by atoms with E-state index >= 15 is 0 Å². The second-order valence-corrected chi connectivity index (χ2v) is 10.5. The zero-order chi connectivity index (χ0) is 22.4. The van der Waals surface area contributed by atoms with E-state index in [9.17, 15) is 5.11 Å². The van der Waals surface area contributed by atoms with Crippen molar-refractivity contribution in [2.24, 2.45) is 4.99 Å². The molecule has 6 rings (SSSR count). The molecule has 33 heavy (non-hydrogen) atoms. The van der Waals surface area contributed by atoms with Gasteiger partial charge in [0.25, 0.3) is 0 Å². The quantitative estimate of drug-likeness (QED) is 0.413. The minimum absolute atomic E-state index is 0.0426. The first-order chi connectivity index (χ1) is 16.1. The van der Waals surface area contributed by atoms with Crippen LogP contribution in [-0.2, 0) is 5.72 Å². The number of hydrogen-bond donors (Lipinski definition) is 1. The number of halogens is 1. The maximum absolute atomic E-state index is 12.1. The molecule has 0 spiro atoms. The van der Waals surface area contributed by atoms with Gasteiger partial charge in [-0.3, -0.25) is 0 Å². The summed E-state index contributed by atoms with van der Waals surface area (Å²) in [5.74, 6) is 0.551. The summed E-state index contributed by atoms with van der Waals surface area (Å²) in [5, 5.41) is 13.0. The summed E-state index contributed by atoms with van der Waals surface area (Å²) in [4.78, 5) is 7.30. The number of aliphatic hydroxyl groups is 1. The second kappa shape index (κ2) is 8.32. The van der Waals surface area contributed by atoms with Crippen molar-refractivity contribution >= 4 is 38.9 Å². The lowest BCUT2D eigenvalue weighted by atomic mass is 9.91.